The summed E-state index contributed by atoms with van der Waals surface area (Å²) in [6, 6.07) is 4.87. The monoisotopic (exact) mass is 251 g/mol. The number of rotatable bonds is 2. The number of ether oxygens (including phenoxy) is 1. The molecular formula is C12H10FNO2S. The molecule has 5 heteroatoms. The Morgan fingerprint density at radius 1 is 1.47 bits per heavy atom. The SMILES string of the molecule is COC(=O)c1cnc(-c2ccc(C)c(F)c2)s1. The van der Waals surface area contributed by atoms with Crippen molar-refractivity contribution >= 4 is 17.3 Å². The van der Waals surface area contributed by atoms with Crippen LogP contribution in [0.5, 0.6) is 0 Å². The van der Waals surface area contributed by atoms with Gasteiger partial charge in [0.15, 0.2) is 0 Å². The highest BCUT2D eigenvalue weighted by Crippen LogP contribution is 2.26. The van der Waals surface area contributed by atoms with E-state index in [-0.39, 0.29) is 5.82 Å². The van der Waals surface area contributed by atoms with Crippen LogP contribution >= 0.6 is 11.3 Å². The highest BCUT2D eigenvalue weighted by molar-refractivity contribution is 7.16. The van der Waals surface area contributed by atoms with E-state index >= 15 is 0 Å². The van der Waals surface area contributed by atoms with Crippen LogP contribution in [0.3, 0.4) is 0 Å². The molecule has 88 valence electrons. The lowest BCUT2D eigenvalue weighted by Gasteiger charge is -1.99. The van der Waals surface area contributed by atoms with Crippen molar-refractivity contribution in [2.75, 3.05) is 7.11 Å². The van der Waals surface area contributed by atoms with Crippen molar-refractivity contribution in [1.82, 2.24) is 4.98 Å². The van der Waals surface area contributed by atoms with Gasteiger partial charge in [0.2, 0.25) is 0 Å². The number of methoxy groups -OCH3 is 1. The van der Waals surface area contributed by atoms with Crippen molar-refractivity contribution in [3.05, 3.63) is 40.7 Å². The molecule has 0 aliphatic rings. The van der Waals surface area contributed by atoms with Crippen LogP contribution in [0, 0.1) is 12.7 Å². The van der Waals surface area contributed by atoms with Crippen molar-refractivity contribution < 1.29 is 13.9 Å². The van der Waals surface area contributed by atoms with Crippen molar-refractivity contribution in [3.8, 4) is 10.6 Å². The largest absolute Gasteiger partial charge is 0.465 e. The van der Waals surface area contributed by atoms with Gasteiger partial charge in [-0.05, 0) is 18.6 Å². The second-order valence-electron chi connectivity index (χ2n) is 3.49. The first-order valence-electron chi connectivity index (χ1n) is 4.92. The average Bonchev–Trinajstić information content (AvgIpc) is 2.81. The molecule has 0 N–H and O–H groups in total. The van der Waals surface area contributed by atoms with Crippen LogP contribution in [0.4, 0.5) is 4.39 Å². The zero-order valence-corrected chi connectivity index (χ0v) is 10.2. The topological polar surface area (TPSA) is 39.2 Å². The summed E-state index contributed by atoms with van der Waals surface area (Å²) in [6.07, 6.45) is 1.43. The Labute approximate surface area is 102 Å². The molecule has 0 amide bonds. The van der Waals surface area contributed by atoms with Gasteiger partial charge in [-0.3, -0.25) is 0 Å². The molecule has 0 saturated heterocycles. The van der Waals surface area contributed by atoms with E-state index in [1.54, 1.807) is 19.1 Å². The molecule has 0 atom stereocenters. The molecule has 3 nitrogen and oxygen atoms in total. The molecule has 2 aromatic rings. The number of nitrogens with zero attached hydrogens (tertiary/aromatic N) is 1. The van der Waals surface area contributed by atoms with Crippen LogP contribution in [0.2, 0.25) is 0 Å². The second-order valence-corrected chi connectivity index (χ2v) is 4.52. The Morgan fingerprint density at radius 2 is 2.24 bits per heavy atom. The maximum atomic E-state index is 13.4. The predicted octanol–water partition coefficient (Wildman–Crippen LogP) is 3.04. The maximum absolute atomic E-state index is 13.4. The minimum Gasteiger partial charge on any atom is -0.465 e. The fraction of sp³-hybridized carbons (Fsp3) is 0.167. The third kappa shape index (κ3) is 2.34. The minimum absolute atomic E-state index is 0.280. The number of hydrogen-bond acceptors (Lipinski definition) is 4. The summed E-state index contributed by atoms with van der Waals surface area (Å²) < 4.78 is 18.0. The molecule has 2 rings (SSSR count). The average molecular weight is 251 g/mol. The van der Waals surface area contributed by atoms with E-state index in [0.29, 0.717) is 21.0 Å². The summed E-state index contributed by atoms with van der Waals surface area (Å²) in [7, 11) is 1.31. The highest BCUT2D eigenvalue weighted by atomic mass is 32.1. The van der Waals surface area contributed by atoms with Gasteiger partial charge in [-0.2, -0.15) is 0 Å². The number of carbonyl (C=O) groups excluding carboxylic acids is 1. The van der Waals surface area contributed by atoms with Crippen LogP contribution < -0.4 is 0 Å². The van der Waals surface area contributed by atoms with Crippen molar-refractivity contribution in [2.45, 2.75) is 6.92 Å². The number of aryl methyl sites for hydroxylation is 1. The molecule has 0 saturated carbocycles. The standard InChI is InChI=1S/C12H10FNO2S/c1-7-3-4-8(5-9(7)13)11-14-6-10(17-11)12(15)16-2/h3-6H,1-2H3. The van der Waals surface area contributed by atoms with Crippen molar-refractivity contribution in [2.24, 2.45) is 0 Å². The lowest BCUT2D eigenvalue weighted by atomic mass is 10.1. The molecule has 17 heavy (non-hydrogen) atoms. The Morgan fingerprint density at radius 3 is 2.88 bits per heavy atom. The molecule has 1 heterocycles. The van der Waals surface area contributed by atoms with E-state index in [1.807, 2.05) is 0 Å². The molecule has 0 fully saturated rings. The fourth-order valence-electron chi connectivity index (χ4n) is 1.33. The molecule has 1 aromatic heterocycles. The number of esters is 1. The van der Waals surface area contributed by atoms with Gasteiger partial charge in [0.25, 0.3) is 0 Å². The predicted molar refractivity (Wildman–Crippen MR) is 63.6 cm³/mol. The number of aromatic nitrogens is 1. The minimum atomic E-state index is -0.429. The zero-order valence-electron chi connectivity index (χ0n) is 9.36. The number of hydrogen-bond donors (Lipinski definition) is 0. The molecular weight excluding hydrogens is 241 g/mol. The molecule has 0 unspecified atom stereocenters. The van der Waals surface area contributed by atoms with E-state index in [9.17, 15) is 9.18 Å². The first-order valence-corrected chi connectivity index (χ1v) is 5.74. The zero-order chi connectivity index (χ0) is 12.4. The van der Waals surface area contributed by atoms with Gasteiger partial charge in [-0.25, -0.2) is 14.2 Å². The van der Waals surface area contributed by atoms with Crippen LogP contribution in [0.15, 0.2) is 24.4 Å². The maximum Gasteiger partial charge on any atom is 0.349 e. The van der Waals surface area contributed by atoms with Crippen molar-refractivity contribution in [3.63, 3.8) is 0 Å². The van der Waals surface area contributed by atoms with Gasteiger partial charge in [-0.15, -0.1) is 11.3 Å². The number of thiazole rings is 1. The van der Waals surface area contributed by atoms with Gasteiger partial charge in [0, 0.05) is 5.56 Å². The van der Waals surface area contributed by atoms with Crippen LogP contribution in [0.25, 0.3) is 10.6 Å². The number of carbonyl (C=O) groups is 1. The summed E-state index contributed by atoms with van der Waals surface area (Å²) in [5.74, 6) is -0.710. The van der Waals surface area contributed by atoms with Crippen LogP contribution in [-0.2, 0) is 4.74 Å². The van der Waals surface area contributed by atoms with E-state index < -0.39 is 5.97 Å². The fourth-order valence-corrected chi connectivity index (χ4v) is 2.16. The first-order chi connectivity index (χ1) is 8.11. The highest BCUT2D eigenvalue weighted by Gasteiger charge is 2.12. The summed E-state index contributed by atoms with van der Waals surface area (Å²) in [5.41, 5.74) is 1.24. The Kier molecular flexibility index (Phi) is 3.19. The molecule has 0 bridgehead atoms. The van der Waals surface area contributed by atoms with E-state index in [1.165, 1.54) is 30.7 Å². The lowest BCUT2D eigenvalue weighted by molar-refractivity contribution is 0.0606. The third-order valence-electron chi connectivity index (χ3n) is 2.31. The number of benzene rings is 1. The summed E-state index contributed by atoms with van der Waals surface area (Å²) in [6.45, 7) is 1.70. The normalized spacial score (nSPS) is 10.3. The summed E-state index contributed by atoms with van der Waals surface area (Å²) in [4.78, 5) is 15.7. The van der Waals surface area contributed by atoms with Gasteiger partial charge in [0.1, 0.15) is 15.7 Å². The van der Waals surface area contributed by atoms with E-state index in [4.69, 9.17) is 0 Å². The lowest BCUT2D eigenvalue weighted by Crippen LogP contribution is -1.96. The van der Waals surface area contributed by atoms with Gasteiger partial charge >= 0.3 is 5.97 Å². The van der Waals surface area contributed by atoms with E-state index in [2.05, 4.69) is 9.72 Å². The summed E-state index contributed by atoms with van der Waals surface area (Å²) >= 11 is 1.18. The first kappa shape index (κ1) is 11.7. The third-order valence-corrected chi connectivity index (χ3v) is 3.34. The van der Waals surface area contributed by atoms with Gasteiger partial charge < -0.3 is 4.74 Å². The summed E-state index contributed by atoms with van der Waals surface area (Å²) in [5, 5.41) is 0.601. The van der Waals surface area contributed by atoms with Crippen LogP contribution in [0.1, 0.15) is 15.2 Å². The quantitative estimate of drug-likeness (QED) is 0.770. The molecule has 0 aliphatic carbocycles. The Bertz CT molecular complexity index is 565. The molecule has 0 radical (unpaired) electrons. The Hall–Kier alpha value is -1.75. The van der Waals surface area contributed by atoms with E-state index in [0.717, 1.165) is 0 Å². The number of halogens is 1. The second kappa shape index (κ2) is 4.63. The molecule has 0 spiro atoms. The Balaban J connectivity index is 2.37. The molecule has 0 aliphatic heterocycles. The van der Waals surface area contributed by atoms with Gasteiger partial charge in [-0.1, -0.05) is 12.1 Å². The smallest absolute Gasteiger partial charge is 0.349 e. The van der Waals surface area contributed by atoms with Gasteiger partial charge in [0.05, 0.1) is 13.3 Å². The van der Waals surface area contributed by atoms with Crippen LogP contribution in [-0.4, -0.2) is 18.1 Å². The molecule has 1 aromatic carbocycles. The van der Waals surface area contributed by atoms with Crippen molar-refractivity contribution in [1.29, 1.82) is 0 Å².